The number of aliphatic hydroxyl groups excluding tert-OH is 1. The van der Waals surface area contributed by atoms with Gasteiger partial charge in [-0.15, -0.1) is 11.3 Å². The number of carbonyl (C=O) groups excluding carboxylic acids is 1. The van der Waals surface area contributed by atoms with Crippen LogP contribution < -0.4 is 5.32 Å². The highest BCUT2D eigenvalue weighted by Crippen LogP contribution is 2.32. The summed E-state index contributed by atoms with van der Waals surface area (Å²) in [5.74, 6) is -0.0498. The average molecular weight is 339 g/mol. The van der Waals surface area contributed by atoms with Crippen LogP contribution in [0.15, 0.2) is 24.3 Å². The Morgan fingerprint density at radius 2 is 2.09 bits per heavy atom. The highest BCUT2D eigenvalue weighted by molar-refractivity contribution is 7.17. The van der Waals surface area contributed by atoms with Crippen LogP contribution in [0.4, 0.5) is 0 Å². The summed E-state index contributed by atoms with van der Waals surface area (Å²) in [5, 5.41) is 13.5. The Bertz CT molecular complexity index is 670. The van der Waals surface area contributed by atoms with Crippen LogP contribution in [-0.2, 0) is 0 Å². The Morgan fingerprint density at radius 1 is 1.41 bits per heavy atom. The fraction of sp³-hybridized carbons (Fsp3) is 0.375. The van der Waals surface area contributed by atoms with Crippen LogP contribution in [-0.4, -0.2) is 28.6 Å². The lowest BCUT2D eigenvalue weighted by Gasteiger charge is -2.19. The van der Waals surface area contributed by atoms with E-state index in [1.807, 2.05) is 32.0 Å². The quantitative estimate of drug-likeness (QED) is 0.876. The first-order valence-corrected chi connectivity index (χ1v) is 8.27. The molecule has 1 amide bonds. The van der Waals surface area contributed by atoms with E-state index in [9.17, 15) is 9.90 Å². The standard InChI is InChI=1S/C16H19ClN2O2S/c1-9(2)13(8-20)19-15(21)14-10(3)18-16(22-14)11-6-4-5-7-12(11)17/h4-7,9,13,20H,8H2,1-3H3,(H,19,21)/t13-/m0/s1. The molecular weight excluding hydrogens is 320 g/mol. The van der Waals surface area contributed by atoms with Crippen LogP contribution in [0.1, 0.15) is 29.2 Å². The van der Waals surface area contributed by atoms with Crippen molar-refractivity contribution < 1.29 is 9.90 Å². The van der Waals surface area contributed by atoms with Crippen LogP contribution in [0.2, 0.25) is 5.02 Å². The van der Waals surface area contributed by atoms with Crippen molar-refractivity contribution in [2.45, 2.75) is 26.8 Å². The molecule has 0 aliphatic heterocycles. The number of benzene rings is 1. The third-order valence-corrected chi connectivity index (χ3v) is 4.94. The Morgan fingerprint density at radius 3 is 2.68 bits per heavy atom. The van der Waals surface area contributed by atoms with Gasteiger partial charge in [-0.3, -0.25) is 4.79 Å². The van der Waals surface area contributed by atoms with Crippen molar-refractivity contribution in [2.24, 2.45) is 5.92 Å². The Kier molecular flexibility index (Phi) is 5.56. The third-order valence-electron chi connectivity index (χ3n) is 3.43. The predicted octanol–water partition coefficient (Wildman–Crippen LogP) is 3.52. The number of carbonyl (C=O) groups is 1. The number of hydrogen-bond donors (Lipinski definition) is 2. The summed E-state index contributed by atoms with van der Waals surface area (Å²) in [7, 11) is 0. The summed E-state index contributed by atoms with van der Waals surface area (Å²) in [6.07, 6.45) is 0. The van der Waals surface area contributed by atoms with E-state index in [-0.39, 0.29) is 24.5 Å². The molecule has 6 heteroatoms. The summed E-state index contributed by atoms with van der Waals surface area (Å²) in [5.41, 5.74) is 1.48. The number of aryl methyl sites for hydroxylation is 1. The first-order chi connectivity index (χ1) is 10.4. The zero-order valence-corrected chi connectivity index (χ0v) is 14.3. The van der Waals surface area contributed by atoms with Gasteiger partial charge in [-0.25, -0.2) is 4.98 Å². The van der Waals surface area contributed by atoms with Crippen LogP contribution in [0.25, 0.3) is 10.6 Å². The van der Waals surface area contributed by atoms with E-state index in [4.69, 9.17) is 11.6 Å². The lowest BCUT2D eigenvalue weighted by atomic mass is 10.1. The first kappa shape index (κ1) is 16.9. The molecule has 1 heterocycles. The van der Waals surface area contributed by atoms with Crippen LogP contribution in [0.3, 0.4) is 0 Å². The second-order valence-corrected chi connectivity index (χ2v) is 6.83. The molecule has 0 aliphatic rings. The van der Waals surface area contributed by atoms with Crippen molar-refractivity contribution in [2.75, 3.05) is 6.61 Å². The van der Waals surface area contributed by atoms with Crippen LogP contribution >= 0.6 is 22.9 Å². The number of amides is 1. The lowest BCUT2D eigenvalue weighted by Crippen LogP contribution is -2.41. The molecule has 0 fully saturated rings. The molecule has 118 valence electrons. The molecule has 2 aromatic rings. The molecule has 2 N–H and O–H groups in total. The summed E-state index contributed by atoms with van der Waals surface area (Å²) in [6.45, 7) is 5.62. The van der Waals surface area contributed by atoms with Gasteiger partial charge in [0.05, 0.1) is 23.4 Å². The maximum absolute atomic E-state index is 12.4. The highest BCUT2D eigenvalue weighted by atomic mass is 35.5. The van der Waals surface area contributed by atoms with E-state index in [0.717, 1.165) is 10.6 Å². The molecule has 0 bridgehead atoms. The number of halogens is 1. The molecular formula is C16H19ClN2O2S. The number of hydrogen-bond acceptors (Lipinski definition) is 4. The Labute approximate surface area is 139 Å². The molecule has 0 unspecified atom stereocenters. The molecule has 22 heavy (non-hydrogen) atoms. The fourth-order valence-electron chi connectivity index (χ4n) is 2.01. The van der Waals surface area contributed by atoms with E-state index in [0.29, 0.717) is 15.6 Å². The van der Waals surface area contributed by atoms with Crippen molar-refractivity contribution in [1.82, 2.24) is 10.3 Å². The second kappa shape index (κ2) is 7.22. The smallest absolute Gasteiger partial charge is 0.263 e. The zero-order valence-electron chi connectivity index (χ0n) is 12.8. The number of aromatic nitrogens is 1. The SMILES string of the molecule is Cc1nc(-c2ccccc2Cl)sc1C(=O)N[C@@H](CO)C(C)C. The lowest BCUT2D eigenvalue weighted by molar-refractivity contribution is 0.0900. The number of rotatable bonds is 5. The molecule has 1 aromatic carbocycles. The van der Waals surface area contributed by atoms with Gasteiger partial charge in [0.2, 0.25) is 0 Å². The van der Waals surface area contributed by atoms with Crippen molar-refractivity contribution in [3.05, 3.63) is 39.9 Å². The maximum atomic E-state index is 12.4. The van der Waals surface area contributed by atoms with Crippen LogP contribution in [0.5, 0.6) is 0 Å². The summed E-state index contributed by atoms with van der Waals surface area (Å²) in [6, 6.07) is 7.16. The van der Waals surface area contributed by atoms with Gasteiger partial charge in [0.1, 0.15) is 9.88 Å². The molecule has 0 saturated carbocycles. The average Bonchev–Trinajstić information content (AvgIpc) is 2.86. The highest BCUT2D eigenvalue weighted by Gasteiger charge is 2.21. The Hall–Kier alpha value is -1.43. The third kappa shape index (κ3) is 3.66. The van der Waals surface area contributed by atoms with Crippen LogP contribution in [0, 0.1) is 12.8 Å². The largest absolute Gasteiger partial charge is 0.394 e. The molecule has 1 atom stereocenters. The minimum Gasteiger partial charge on any atom is -0.394 e. The number of aliphatic hydroxyl groups is 1. The van der Waals surface area contributed by atoms with Gasteiger partial charge in [0.15, 0.2) is 0 Å². The van der Waals surface area contributed by atoms with E-state index >= 15 is 0 Å². The van der Waals surface area contributed by atoms with E-state index in [1.54, 1.807) is 13.0 Å². The molecule has 0 saturated heterocycles. The van der Waals surface area contributed by atoms with Gasteiger partial charge in [-0.1, -0.05) is 43.6 Å². The zero-order chi connectivity index (χ0) is 16.3. The van der Waals surface area contributed by atoms with Gasteiger partial charge in [0, 0.05) is 5.56 Å². The monoisotopic (exact) mass is 338 g/mol. The van der Waals surface area contributed by atoms with E-state index in [1.165, 1.54) is 11.3 Å². The summed E-state index contributed by atoms with van der Waals surface area (Å²) in [4.78, 5) is 17.4. The minimum atomic E-state index is -0.266. The number of nitrogens with one attached hydrogen (secondary N) is 1. The number of nitrogens with zero attached hydrogens (tertiary/aromatic N) is 1. The van der Waals surface area contributed by atoms with Gasteiger partial charge < -0.3 is 10.4 Å². The van der Waals surface area contributed by atoms with Gasteiger partial charge in [0.25, 0.3) is 5.91 Å². The maximum Gasteiger partial charge on any atom is 0.263 e. The fourth-order valence-corrected chi connectivity index (χ4v) is 3.30. The topological polar surface area (TPSA) is 62.2 Å². The predicted molar refractivity (Wildman–Crippen MR) is 90.5 cm³/mol. The van der Waals surface area contributed by atoms with Gasteiger partial charge in [-0.05, 0) is 18.9 Å². The Balaban J connectivity index is 2.27. The minimum absolute atomic E-state index is 0.0847. The van der Waals surface area contributed by atoms with Gasteiger partial charge >= 0.3 is 0 Å². The first-order valence-electron chi connectivity index (χ1n) is 7.08. The normalized spacial score (nSPS) is 12.5. The molecule has 0 spiro atoms. The summed E-state index contributed by atoms with van der Waals surface area (Å²) >= 11 is 7.49. The molecule has 0 aliphatic carbocycles. The van der Waals surface area contributed by atoms with Crippen molar-refractivity contribution in [3.63, 3.8) is 0 Å². The van der Waals surface area contributed by atoms with E-state index < -0.39 is 0 Å². The van der Waals surface area contributed by atoms with Gasteiger partial charge in [-0.2, -0.15) is 0 Å². The molecule has 1 aromatic heterocycles. The van der Waals surface area contributed by atoms with Crippen molar-refractivity contribution in [3.8, 4) is 10.6 Å². The van der Waals surface area contributed by atoms with Crippen molar-refractivity contribution in [1.29, 1.82) is 0 Å². The van der Waals surface area contributed by atoms with Crippen molar-refractivity contribution >= 4 is 28.8 Å². The molecule has 2 rings (SSSR count). The molecule has 0 radical (unpaired) electrons. The van der Waals surface area contributed by atoms with E-state index in [2.05, 4.69) is 10.3 Å². The second-order valence-electron chi connectivity index (χ2n) is 5.42. The summed E-state index contributed by atoms with van der Waals surface area (Å²) < 4.78 is 0. The molecule has 4 nitrogen and oxygen atoms in total. The number of thiazole rings is 1.